The van der Waals surface area contributed by atoms with Crippen molar-refractivity contribution in [3.05, 3.63) is 64.5 Å². The Morgan fingerprint density at radius 3 is 2.69 bits per heavy atom. The van der Waals surface area contributed by atoms with Crippen molar-refractivity contribution in [3.8, 4) is 0 Å². The third-order valence-corrected chi connectivity index (χ3v) is 5.68. The van der Waals surface area contributed by atoms with E-state index in [0.29, 0.717) is 17.7 Å². The molecule has 8 N–H and O–H groups in total. The van der Waals surface area contributed by atoms with E-state index in [4.69, 9.17) is 17.3 Å². The molecule has 170 valence electrons. The lowest BCUT2D eigenvalue weighted by molar-refractivity contribution is -0.138. The van der Waals surface area contributed by atoms with Gasteiger partial charge >= 0.3 is 6.18 Å². The number of aromatic nitrogens is 3. The summed E-state index contributed by atoms with van der Waals surface area (Å²) in [6, 6.07) is 6.05. The molecule has 32 heavy (non-hydrogen) atoms. The number of hydrazine groups is 1. The Hall–Kier alpha value is -3.31. The molecule has 1 saturated heterocycles. The van der Waals surface area contributed by atoms with Crippen molar-refractivity contribution < 1.29 is 13.2 Å². The molecule has 3 heterocycles. The first kappa shape index (κ1) is 21.9. The van der Waals surface area contributed by atoms with Gasteiger partial charge in [-0.05, 0) is 53.3 Å². The number of benzene rings is 1. The summed E-state index contributed by atoms with van der Waals surface area (Å²) in [6.45, 7) is 1.65. The predicted molar refractivity (Wildman–Crippen MR) is 117 cm³/mol. The van der Waals surface area contributed by atoms with Crippen LogP contribution < -0.4 is 28.1 Å². The van der Waals surface area contributed by atoms with Crippen LogP contribution in [0.5, 0.6) is 0 Å². The minimum atomic E-state index is -4.44. The molecule has 0 saturated carbocycles. The molecule has 0 amide bonds. The van der Waals surface area contributed by atoms with Gasteiger partial charge in [0.2, 0.25) is 0 Å². The number of nitrogens with zero attached hydrogens (tertiary/aromatic N) is 3. The summed E-state index contributed by atoms with van der Waals surface area (Å²) in [5, 5.41) is 7.51. The van der Waals surface area contributed by atoms with E-state index < -0.39 is 11.7 Å². The number of hydrogen-bond donors (Lipinski definition) is 5. The van der Waals surface area contributed by atoms with E-state index in [0.717, 1.165) is 30.6 Å². The first-order valence-electron chi connectivity index (χ1n) is 10.2. The summed E-state index contributed by atoms with van der Waals surface area (Å²) in [7, 11) is 0. The summed E-state index contributed by atoms with van der Waals surface area (Å²) in [5.41, 5.74) is 16.5. The molecule has 11 heteroatoms. The van der Waals surface area contributed by atoms with Crippen LogP contribution in [0.15, 0.2) is 36.7 Å². The number of hydrogen-bond acceptors (Lipinski definition) is 7. The molecule has 4 rings (SSSR count). The lowest BCUT2D eigenvalue weighted by Gasteiger charge is -2.17. The van der Waals surface area contributed by atoms with Gasteiger partial charge in [0.1, 0.15) is 5.82 Å². The third-order valence-electron chi connectivity index (χ3n) is 5.68. The van der Waals surface area contributed by atoms with Gasteiger partial charge in [0, 0.05) is 19.2 Å². The molecule has 3 aromatic rings. The molecule has 1 aliphatic heterocycles. The fourth-order valence-corrected chi connectivity index (χ4v) is 4.08. The Balaban J connectivity index is 1.59. The highest BCUT2D eigenvalue weighted by molar-refractivity contribution is 5.68. The molecule has 1 aromatic carbocycles. The Morgan fingerprint density at radius 1 is 1.19 bits per heavy atom. The van der Waals surface area contributed by atoms with E-state index in [1.54, 1.807) is 30.6 Å². The van der Waals surface area contributed by atoms with Gasteiger partial charge in [-0.2, -0.15) is 18.3 Å². The van der Waals surface area contributed by atoms with Crippen LogP contribution in [0.1, 0.15) is 40.2 Å². The van der Waals surface area contributed by atoms with Gasteiger partial charge in [0.05, 0.1) is 24.0 Å². The zero-order valence-corrected chi connectivity index (χ0v) is 17.3. The zero-order chi connectivity index (χ0) is 22.9. The number of nitrogens with two attached hydrogens (primary N) is 3. The van der Waals surface area contributed by atoms with Crippen molar-refractivity contribution in [2.75, 3.05) is 30.0 Å². The molecular weight excluding hydrogens is 421 g/mol. The maximum atomic E-state index is 13.6. The van der Waals surface area contributed by atoms with Crippen molar-refractivity contribution in [2.24, 2.45) is 5.84 Å². The van der Waals surface area contributed by atoms with Gasteiger partial charge in [-0.1, -0.05) is 12.1 Å². The molecule has 1 atom stereocenters. The lowest BCUT2D eigenvalue weighted by atomic mass is 9.94. The van der Waals surface area contributed by atoms with Crippen LogP contribution in [-0.4, -0.2) is 27.9 Å². The quantitative estimate of drug-likeness (QED) is 0.290. The lowest BCUT2D eigenvalue weighted by Crippen LogP contribution is -2.14. The Labute approximate surface area is 183 Å². The monoisotopic (exact) mass is 446 g/mol. The SMILES string of the molecule is NNc1nc(N)cc(Cc2cnn(Cc3cc(C4CCNC4)ccc3C(F)(F)F)c2)c1N. The summed E-state index contributed by atoms with van der Waals surface area (Å²) in [5.74, 6) is 6.15. The maximum absolute atomic E-state index is 13.6. The topological polar surface area (TPSA) is 133 Å². The van der Waals surface area contributed by atoms with Crippen LogP contribution >= 0.6 is 0 Å². The second kappa shape index (κ2) is 8.67. The van der Waals surface area contributed by atoms with E-state index in [1.807, 2.05) is 0 Å². The molecule has 0 aliphatic carbocycles. The molecule has 0 radical (unpaired) electrons. The van der Waals surface area contributed by atoms with Crippen LogP contribution in [0.4, 0.5) is 30.5 Å². The molecule has 8 nitrogen and oxygen atoms in total. The van der Waals surface area contributed by atoms with E-state index in [-0.39, 0.29) is 29.7 Å². The number of nitrogen functional groups attached to an aromatic ring is 3. The molecular formula is C21H25F3N8. The second-order valence-electron chi connectivity index (χ2n) is 7.94. The molecule has 1 unspecified atom stereocenters. The first-order valence-corrected chi connectivity index (χ1v) is 10.2. The van der Waals surface area contributed by atoms with Crippen molar-refractivity contribution in [1.82, 2.24) is 20.1 Å². The van der Waals surface area contributed by atoms with Crippen LogP contribution in [-0.2, 0) is 19.1 Å². The van der Waals surface area contributed by atoms with E-state index in [2.05, 4.69) is 20.8 Å². The minimum absolute atomic E-state index is 0.00635. The highest BCUT2D eigenvalue weighted by atomic mass is 19.4. The molecule has 0 spiro atoms. The van der Waals surface area contributed by atoms with Crippen LogP contribution in [0, 0.1) is 0 Å². The Kier molecular flexibility index (Phi) is 5.94. The third kappa shape index (κ3) is 4.63. The maximum Gasteiger partial charge on any atom is 0.416 e. The smallest absolute Gasteiger partial charge is 0.395 e. The molecule has 1 aliphatic rings. The molecule has 1 fully saturated rings. The molecule has 2 aromatic heterocycles. The zero-order valence-electron chi connectivity index (χ0n) is 17.3. The number of anilines is 3. The number of alkyl halides is 3. The van der Waals surface area contributed by atoms with Crippen LogP contribution in [0.25, 0.3) is 0 Å². The van der Waals surface area contributed by atoms with E-state index >= 15 is 0 Å². The predicted octanol–water partition coefficient (Wildman–Crippen LogP) is 2.46. The van der Waals surface area contributed by atoms with Gasteiger partial charge in [-0.15, -0.1) is 0 Å². The van der Waals surface area contributed by atoms with Crippen molar-refractivity contribution in [2.45, 2.75) is 31.5 Å². The number of rotatable bonds is 6. The molecule has 0 bridgehead atoms. The number of pyridine rings is 1. The first-order chi connectivity index (χ1) is 15.2. The number of halogens is 3. The average molecular weight is 446 g/mol. The number of nitrogens with one attached hydrogen (secondary N) is 2. The van der Waals surface area contributed by atoms with Crippen molar-refractivity contribution in [3.63, 3.8) is 0 Å². The van der Waals surface area contributed by atoms with Gasteiger partial charge in [-0.3, -0.25) is 4.68 Å². The second-order valence-corrected chi connectivity index (χ2v) is 7.94. The Bertz CT molecular complexity index is 1100. The summed E-state index contributed by atoms with van der Waals surface area (Å²) in [4.78, 5) is 4.01. The van der Waals surface area contributed by atoms with Gasteiger partial charge in [0.25, 0.3) is 0 Å². The summed E-state index contributed by atoms with van der Waals surface area (Å²) < 4.78 is 42.3. The fraction of sp³-hybridized carbons (Fsp3) is 0.333. The highest BCUT2D eigenvalue weighted by Crippen LogP contribution is 2.35. The summed E-state index contributed by atoms with van der Waals surface area (Å²) in [6.07, 6.45) is 0.158. The van der Waals surface area contributed by atoms with E-state index in [9.17, 15) is 13.2 Å². The van der Waals surface area contributed by atoms with Gasteiger partial charge in [0.15, 0.2) is 5.82 Å². The van der Waals surface area contributed by atoms with Crippen LogP contribution in [0.3, 0.4) is 0 Å². The standard InChI is InChI=1S/C21H25F3N8/c22-21(23,24)17-2-1-13(14-3-4-28-9-14)6-16(17)11-32-10-12(8-29-32)5-15-7-18(25)30-20(31-27)19(15)26/h1-2,6-8,10,14,28H,3-5,9,11,26-27H2,(H3,25,30,31). The van der Waals surface area contributed by atoms with Gasteiger partial charge in [-0.25, -0.2) is 10.8 Å². The fourth-order valence-electron chi connectivity index (χ4n) is 4.08. The van der Waals surface area contributed by atoms with Crippen LogP contribution in [0.2, 0.25) is 0 Å². The van der Waals surface area contributed by atoms with Crippen molar-refractivity contribution in [1.29, 1.82) is 0 Å². The normalized spacial score (nSPS) is 16.4. The average Bonchev–Trinajstić information content (AvgIpc) is 3.42. The Morgan fingerprint density at radius 2 is 2.00 bits per heavy atom. The van der Waals surface area contributed by atoms with Crippen molar-refractivity contribution >= 4 is 17.3 Å². The minimum Gasteiger partial charge on any atom is -0.395 e. The van der Waals surface area contributed by atoms with E-state index in [1.165, 1.54) is 10.7 Å². The van der Waals surface area contributed by atoms with Gasteiger partial charge < -0.3 is 22.2 Å². The highest BCUT2D eigenvalue weighted by Gasteiger charge is 2.34. The summed E-state index contributed by atoms with van der Waals surface area (Å²) >= 11 is 0. The largest absolute Gasteiger partial charge is 0.416 e.